The van der Waals surface area contributed by atoms with Gasteiger partial charge in [0.25, 0.3) is 0 Å². The Kier molecular flexibility index (Phi) is 5.41. The first-order chi connectivity index (χ1) is 7.54. The molecule has 1 aliphatic rings. The second-order valence-corrected chi connectivity index (χ2v) is 5.08. The minimum Gasteiger partial charge on any atom is -0.328 e. The minimum atomic E-state index is -2.90. The average molecular weight is 250 g/mol. The van der Waals surface area contributed by atoms with E-state index in [0.29, 0.717) is 0 Å². The number of nitrogens with two attached hydrogens (primary N) is 1. The lowest BCUT2D eigenvalue weighted by molar-refractivity contribution is -0.102. The van der Waals surface area contributed by atoms with E-state index in [2.05, 4.69) is 4.90 Å². The van der Waals surface area contributed by atoms with Gasteiger partial charge in [-0.3, -0.25) is 14.0 Å². The highest BCUT2D eigenvalue weighted by atomic mass is 31.1. The topological polar surface area (TPSA) is 75.8 Å². The third-order valence-electron chi connectivity index (χ3n) is 3.50. The maximum Gasteiger partial charge on any atom is 0.318 e. The van der Waals surface area contributed by atoms with Crippen molar-refractivity contribution in [3.63, 3.8) is 0 Å². The monoisotopic (exact) mass is 250 g/mol. The van der Waals surface area contributed by atoms with Crippen LogP contribution in [0.25, 0.3) is 0 Å². The Labute approximate surface area is 97.9 Å². The van der Waals surface area contributed by atoms with E-state index in [1.54, 1.807) is 0 Å². The maximum absolute atomic E-state index is 11.0. The van der Waals surface area contributed by atoms with Gasteiger partial charge in [0.2, 0.25) is 0 Å². The summed E-state index contributed by atoms with van der Waals surface area (Å²) in [6.45, 7) is 5.67. The zero-order chi connectivity index (χ0) is 12.2. The number of nitrogens with zero attached hydrogens (tertiary/aromatic N) is 1. The van der Waals surface area contributed by atoms with Crippen molar-refractivity contribution in [2.75, 3.05) is 13.1 Å². The first kappa shape index (κ1) is 14.1. The lowest BCUT2D eigenvalue weighted by Crippen LogP contribution is -2.53. The van der Waals surface area contributed by atoms with Crippen molar-refractivity contribution >= 4 is 8.25 Å². The molecule has 3 N–H and O–H groups in total. The fraction of sp³-hybridized carbons (Fsp3) is 1.00. The summed E-state index contributed by atoms with van der Waals surface area (Å²) >= 11 is 0. The zero-order valence-electron chi connectivity index (χ0n) is 10.1. The molecule has 1 unspecified atom stereocenters. The average Bonchev–Trinajstić information content (AvgIpc) is 2.27. The normalized spacial score (nSPS) is 22.2. The molecule has 0 aromatic rings. The minimum absolute atomic E-state index is 0.258. The van der Waals surface area contributed by atoms with E-state index < -0.39 is 14.0 Å². The van der Waals surface area contributed by atoms with Gasteiger partial charge in [0.1, 0.15) is 5.72 Å². The summed E-state index contributed by atoms with van der Waals surface area (Å²) in [5.41, 5.74) is 5.27. The molecule has 0 radical (unpaired) electrons. The smallest absolute Gasteiger partial charge is 0.318 e. The van der Waals surface area contributed by atoms with E-state index in [0.717, 1.165) is 38.8 Å². The zero-order valence-corrected chi connectivity index (χ0v) is 11.1. The van der Waals surface area contributed by atoms with Crippen LogP contribution < -0.4 is 5.73 Å². The largest absolute Gasteiger partial charge is 0.328 e. The number of likely N-dealkylation sites (tertiary alicyclic amines) is 1. The van der Waals surface area contributed by atoms with Crippen molar-refractivity contribution in [1.82, 2.24) is 4.90 Å². The van der Waals surface area contributed by atoms with E-state index >= 15 is 0 Å². The standard InChI is InChI=1S/C10H23N2O3P/c1-3-10(4-2,15-16(13)14)12-7-5-9(11)6-8-12/h9,16H,3-8,11H2,1-2H3,(H,13,14). The van der Waals surface area contributed by atoms with E-state index in [9.17, 15) is 4.57 Å². The second-order valence-electron chi connectivity index (χ2n) is 4.35. The molecular formula is C10H23N2O3P. The molecule has 1 aliphatic heterocycles. The van der Waals surface area contributed by atoms with Crippen molar-refractivity contribution in [2.24, 2.45) is 5.73 Å². The van der Waals surface area contributed by atoms with Gasteiger partial charge in [0, 0.05) is 19.1 Å². The molecule has 0 aromatic heterocycles. The summed E-state index contributed by atoms with van der Waals surface area (Å²) in [4.78, 5) is 11.2. The van der Waals surface area contributed by atoms with Crippen LogP contribution in [0.4, 0.5) is 0 Å². The van der Waals surface area contributed by atoms with Crippen molar-refractivity contribution in [1.29, 1.82) is 0 Å². The van der Waals surface area contributed by atoms with Crippen LogP contribution in [0.2, 0.25) is 0 Å². The van der Waals surface area contributed by atoms with Crippen LogP contribution in [0.3, 0.4) is 0 Å². The summed E-state index contributed by atoms with van der Waals surface area (Å²) < 4.78 is 16.2. The molecule has 0 aliphatic carbocycles. The Balaban J connectivity index is 2.71. The Morgan fingerprint density at radius 3 is 2.31 bits per heavy atom. The van der Waals surface area contributed by atoms with Gasteiger partial charge in [-0.25, -0.2) is 0 Å². The fourth-order valence-electron chi connectivity index (χ4n) is 2.38. The molecule has 0 saturated carbocycles. The molecular weight excluding hydrogens is 227 g/mol. The number of hydrogen-bond acceptors (Lipinski definition) is 4. The number of rotatable bonds is 5. The Hall–Kier alpha value is 0.0700. The van der Waals surface area contributed by atoms with Gasteiger partial charge in [-0.05, 0) is 25.7 Å². The molecule has 0 bridgehead atoms. The van der Waals surface area contributed by atoms with Gasteiger partial charge in [-0.15, -0.1) is 0 Å². The molecule has 0 spiro atoms. The second kappa shape index (κ2) is 6.12. The van der Waals surface area contributed by atoms with Gasteiger partial charge in [-0.2, -0.15) is 0 Å². The predicted octanol–water partition coefficient (Wildman–Crippen LogP) is 1.32. The summed E-state index contributed by atoms with van der Waals surface area (Å²) in [7, 11) is -2.90. The third kappa shape index (κ3) is 3.28. The van der Waals surface area contributed by atoms with Gasteiger partial charge >= 0.3 is 8.25 Å². The van der Waals surface area contributed by atoms with Gasteiger partial charge in [-0.1, -0.05) is 13.8 Å². The van der Waals surface area contributed by atoms with Crippen LogP contribution in [0, 0.1) is 0 Å². The van der Waals surface area contributed by atoms with Gasteiger partial charge < -0.3 is 10.6 Å². The van der Waals surface area contributed by atoms with Gasteiger partial charge in [0.15, 0.2) is 0 Å². The van der Waals surface area contributed by atoms with Crippen molar-refractivity contribution < 1.29 is 14.0 Å². The van der Waals surface area contributed by atoms with Crippen LogP contribution in [0.1, 0.15) is 39.5 Å². The van der Waals surface area contributed by atoms with Crippen LogP contribution in [-0.2, 0) is 9.09 Å². The molecule has 1 rings (SSSR count). The first-order valence-corrected chi connectivity index (χ1v) is 7.23. The first-order valence-electron chi connectivity index (χ1n) is 5.96. The molecule has 0 amide bonds. The molecule has 96 valence electrons. The lowest BCUT2D eigenvalue weighted by Gasteiger charge is -2.44. The quantitative estimate of drug-likeness (QED) is 0.720. The van der Waals surface area contributed by atoms with Crippen molar-refractivity contribution in [3.8, 4) is 0 Å². The molecule has 16 heavy (non-hydrogen) atoms. The number of piperidine rings is 1. The Bertz CT molecular complexity index is 238. The molecule has 1 fully saturated rings. The van der Waals surface area contributed by atoms with E-state index in [-0.39, 0.29) is 6.04 Å². The lowest BCUT2D eigenvalue weighted by atomic mass is 9.99. The molecule has 6 heteroatoms. The molecule has 1 heterocycles. The highest BCUT2D eigenvalue weighted by molar-refractivity contribution is 7.32. The van der Waals surface area contributed by atoms with Crippen LogP contribution >= 0.6 is 8.25 Å². The maximum atomic E-state index is 11.0. The molecule has 5 nitrogen and oxygen atoms in total. The van der Waals surface area contributed by atoms with Crippen LogP contribution in [0.15, 0.2) is 0 Å². The third-order valence-corrected chi connectivity index (χ3v) is 4.05. The fourth-order valence-corrected chi connectivity index (χ4v) is 3.12. The van der Waals surface area contributed by atoms with Crippen molar-refractivity contribution in [3.05, 3.63) is 0 Å². The molecule has 1 atom stereocenters. The van der Waals surface area contributed by atoms with Crippen LogP contribution in [0.5, 0.6) is 0 Å². The Morgan fingerprint density at radius 2 is 1.94 bits per heavy atom. The summed E-state index contributed by atoms with van der Waals surface area (Å²) in [5.74, 6) is 0. The van der Waals surface area contributed by atoms with E-state index in [1.807, 2.05) is 13.8 Å². The van der Waals surface area contributed by atoms with Crippen LogP contribution in [-0.4, -0.2) is 34.6 Å². The van der Waals surface area contributed by atoms with Gasteiger partial charge in [0.05, 0.1) is 0 Å². The molecule has 0 aromatic carbocycles. The van der Waals surface area contributed by atoms with E-state index in [1.165, 1.54) is 0 Å². The Morgan fingerprint density at radius 1 is 1.44 bits per heavy atom. The van der Waals surface area contributed by atoms with E-state index in [4.69, 9.17) is 15.2 Å². The summed E-state index contributed by atoms with van der Waals surface area (Å²) in [6.07, 6.45) is 3.29. The summed E-state index contributed by atoms with van der Waals surface area (Å²) in [5, 5.41) is 0. The SMILES string of the molecule is CCC(CC)(O[PH](=O)O)N1CCC(N)CC1. The predicted molar refractivity (Wildman–Crippen MR) is 64.4 cm³/mol. The highest BCUT2D eigenvalue weighted by Gasteiger charge is 2.37. The summed E-state index contributed by atoms with van der Waals surface area (Å²) in [6, 6.07) is 0.258. The number of hydrogen-bond donors (Lipinski definition) is 2. The highest BCUT2D eigenvalue weighted by Crippen LogP contribution is 2.36. The van der Waals surface area contributed by atoms with Crippen molar-refractivity contribution in [2.45, 2.75) is 51.3 Å². The molecule has 1 saturated heterocycles.